The molecule has 21 heavy (non-hydrogen) atoms. The summed E-state index contributed by atoms with van der Waals surface area (Å²) in [6.07, 6.45) is 3.46. The van der Waals surface area contributed by atoms with Gasteiger partial charge in [-0.15, -0.1) is 11.3 Å². The second-order valence-electron chi connectivity index (χ2n) is 5.38. The first kappa shape index (κ1) is 16.7. The molecule has 1 N–H and O–H groups in total. The predicted octanol–water partition coefficient (Wildman–Crippen LogP) is 5.40. The van der Waals surface area contributed by atoms with Gasteiger partial charge in [0.15, 0.2) is 0 Å². The third kappa shape index (κ3) is 5.24. The molecule has 1 atom stereocenters. The van der Waals surface area contributed by atoms with Gasteiger partial charge in [0.25, 0.3) is 0 Å². The SMILES string of the molecule is CCCNCC(Cc1ccc(CC)s1)c1ccc(Br)cc1. The fourth-order valence-electron chi connectivity index (χ4n) is 2.46. The van der Waals surface area contributed by atoms with E-state index in [0.717, 1.165) is 30.4 Å². The van der Waals surface area contributed by atoms with E-state index in [1.165, 1.54) is 21.7 Å². The maximum absolute atomic E-state index is 3.58. The lowest BCUT2D eigenvalue weighted by Gasteiger charge is -2.17. The van der Waals surface area contributed by atoms with Crippen molar-refractivity contribution in [3.8, 4) is 0 Å². The van der Waals surface area contributed by atoms with E-state index in [9.17, 15) is 0 Å². The maximum atomic E-state index is 3.58. The Morgan fingerprint density at radius 2 is 1.76 bits per heavy atom. The molecule has 114 valence electrons. The van der Waals surface area contributed by atoms with Crippen molar-refractivity contribution in [2.45, 2.75) is 39.0 Å². The Hall–Kier alpha value is -0.640. The van der Waals surface area contributed by atoms with Crippen molar-refractivity contribution in [1.82, 2.24) is 5.32 Å². The molecule has 0 amide bonds. The lowest BCUT2D eigenvalue weighted by molar-refractivity contribution is 0.579. The van der Waals surface area contributed by atoms with Gasteiger partial charge in [0.2, 0.25) is 0 Å². The zero-order valence-corrected chi connectivity index (χ0v) is 15.3. The highest BCUT2D eigenvalue weighted by Crippen LogP contribution is 2.26. The molecule has 0 bridgehead atoms. The van der Waals surface area contributed by atoms with E-state index in [1.807, 2.05) is 11.3 Å². The maximum Gasteiger partial charge on any atom is 0.0175 e. The Balaban J connectivity index is 2.09. The van der Waals surface area contributed by atoms with Crippen LogP contribution in [0.3, 0.4) is 0 Å². The number of rotatable bonds is 8. The van der Waals surface area contributed by atoms with Crippen molar-refractivity contribution in [2.75, 3.05) is 13.1 Å². The molecule has 1 nitrogen and oxygen atoms in total. The summed E-state index contributed by atoms with van der Waals surface area (Å²) in [6, 6.07) is 13.4. The Kier molecular flexibility index (Phi) is 6.94. The van der Waals surface area contributed by atoms with Gasteiger partial charge in [0, 0.05) is 26.7 Å². The average Bonchev–Trinajstić information content (AvgIpc) is 2.95. The standard InChI is InChI=1S/C18H24BrNS/c1-3-11-20-13-15(14-5-7-16(19)8-6-14)12-18-10-9-17(4-2)21-18/h5-10,15,20H,3-4,11-13H2,1-2H3. The molecule has 0 aliphatic carbocycles. The number of hydrogen-bond donors (Lipinski definition) is 1. The zero-order chi connectivity index (χ0) is 15.1. The molecular weight excluding hydrogens is 342 g/mol. The molecule has 1 unspecified atom stereocenters. The first-order chi connectivity index (χ1) is 10.2. The van der Waals surface area contributed by atoms with Crippen LogP contribution in [-0.4, -0.2) is 13.1 Å². The van der Waals surface area contributed by atoms with Crippen LogP contribution in [0.4, 0.5) is 0 Å². The molecule has 2 rings (SSSR count). The molecular formula is C18H24BrNS. The minimum absolute atomic E-state index is 0.549. The van der Waals surface area contributed by atoms with Crippen molar-refractivity contribution in [2.24, 2.45) is 0 Å². The van der Waals surface area contributed by atoms with Gasteiger partial charge in [-0.2, -0.15) is 0 Å². The van der Waals surface area contributed by atoms with Crippen LogP contribution in [0.5, 0.6) is 0 Å². The smallest absolute Gasteiger partial charge is 0.0175 e. The Bertz CT molecular complexity index is 532. The molecule has 0 aliphatic heterocycles. The summed E-state index contributed by atoms with van der Waals surface area (Å²) >= 11 is 5.49. The Morgan fingerprint density at radius 3 is 2.38 bits per heavy atom. The average molecular weight is 366 g/mol. The molecule has 0 fully saturated rings. The highest BCUT2D eigenvalue weighted by Gasteiger charge is 2.13. The molecule has 2 aromatic rings. The van der Waals surface area contributed by atoms with E-state index >= 15 is 0 Å². The lowest BCUT2D eigenvalue weighted by Crippen LogP contribution is -2.23. The van der Waals surface area contributed by atoms with Crippen molar-refractivity contribution in [3.05, 3.63) is 56.2 Å². The van der Waals surface area contributed by atoms with Crippen LogP contribution >= 0.6 is 27.3 Å². The topological polar surface area (TPSA) is 12.0 Å². The first-order valence-corrected chi connectivity index (χ1v) is 9.37. The number of benzene rings is 1. The van der Waals surface area contributed by atoms with Crippen LogP contribution in [-0.2, 0) is 12.8 Å². The van der Waals surface area contributed by atoms with Gasteiger partial charge in [0.1, 0.15) is 0 Å². The minimum atomic E-state index is 0.549. The summed E-state index contributed by atoms with van der Waals surface area (Å²) in [5.41, 5.74) is 1.42. The van der Waals surface area contributed by atoms with Gasteiger partial charge in [-0.3, -0.25) is 0 Å². The lowest BCUT2D eigenvalue weighted by atomic mass is 9.95. The van der Waals surface area contributed by atoms with Crippen molar-refractivity contribution >= 4 is 27.3 Å². The summed E-state index contributed by atoms with van der Waals surface area (Å²) in [6.45, 7) is 6.59. The largest absolute Gasteiger partial charge is 0.316 e. The Morgan fingerprint density at radius 1 is 1.05 bits per heavy atom. The molecule has 0 saturated carbocycles. The van der Waals surface area contributed by atoms with Crippen molar-refractivity contribution in [1.29, 1.82) is 0 Å². The predicted molar refractivity (Wildman–Crippen MR) is 97.4 cm³/mol. The molecule has 0 saturated heterocycles. The van der Waals surface area contributed by atoms with E-state index in [1.54, 1.807) is 0 Å². The second kappa shape index (κ2) is 8.72. The van der Waals surface area contributed by atoms with Gasteiger partial charge in [-0.05, 0) is 55.6 Å². The fraction of sp³-hybridized carbons (Fsp3) is 0.444. The molecule has 0 radical (unpaired) electrons. The number of hydrogen-bond acceptors (Lipinski definition) is 2. The third-order valence-electron chi connectivity index (χ3n) is 3.67. The summed E-state index contributed by atoms with van der Waals surface area (Å²) in [4.78, 5) is 2.99. The summed E-state index contributed by atoms with van der Waals surface area (Å²) in [5.74, 6) is 0.549. The number of nitrogens with one attached hydrogen (secondary N) is 1. The minimum Gasteiger partial charge on any atom is -0.316 e. The van der Waals surface area contributed by atoms with E-state index in [4.69, 9.17) is 0 Å². The van der Waals surface area contributed by atoms with E-state index < -0.39 is 0 Å². The number of halogens is 1. The molecule has 1 aromatic carbocycles. The number of thiophene rings is 1. The normalized spacial score (nSPS) is 12.5. The van der Waals surface area contributed by atoms with Gasteiger partial charge in [-0.1, -0.05) is 41.9 Å². The summed E-state index contributed by atoms with van der Waals surface area (Å²) < 4.78 is 1.15. The van der Waals surface area contributed by atoms with Crippen molar-refractivity contribution < 1.29 is 0 Å². The molecule has 1 heterocycles. The van der Waals surface area contributed by atoms with Crippen LogP contribution in [0.1, 0.15) is 41.5 Å². The van der Waals surface area contributed by atoms with Crippen LogP contribution in [0.25, 0.3) is 0 Å². The van der Waals surface area contributed by atoms with E-state index in [-0.39, 0.29) is 0 Å². The van der Waals surface area contributed by atoms with Gasteiger partial charge >= 0.3 is 0 Å². The van der Waals surface area contributed by atoms with Crippen LogP contribution in [0.15, 0.2) is 40.9 Å². The molecule has 1 aromatic heterocycles. The molecule has 0 spiro atoms. The van der Waals surface area contributed by atoms with Gasteiger partial charge in [0.05, 0.1) is 0 Å². The number of aryl methyl sites for hydroxylation is 1. The van der Waals surface area contributed by atoms with Crippen LogP contribution in [0.2, 0.25) is 0 Å². The van der Waals surface area contributed by atoms with Gasteiger partial charge in [-0.25, -0.2) is 0 Å². The van der Waals surface area contributed by atoms with Gasteiger partial charge < -0.3 is 5.32 Å². The second-order valence-corrected chi connectivity index (χ2v) is 7.55. The monoisotopic (exact) mass is 365 g/mol. The summed E-state index contributed by atoms with van der Waals surface area (Å²) in [7, 11) is 0. The first-order valence-electron chi connectivity index (χ1n) is 7.76. The summed E-state index contributed by atoms with van der Waals surface area (Å²) in [5, 5.41) is 3.58. The van der Waals surface area contributed by atoms with E-state index in [2.05, 4.69) is 71.5 Å². The van der Waals surface area contributed by atoms with E-state index in [0.29, 0.717) is 5.92 Å². The third-order valence-corrected chi connectivity index (χ3v) is 5.45. The zero-order valence-electron chi connectivity index (χ0n) is 12.9. The molecule has 0 aliphatic rings. The Labute approximate surface area is 140 Å². The highest BCUT2D eigenvalue weighted by atomic mass is 79.9. The van der Waals surface area contributed by atoms with Crippen LogP contribution in [0, 0.1) is 0 Å². The van der Waals surface area contributed by atoms with Crippen LogP contribution < -0.4 is 5.32 Å². The highest BCUT2D eigenvalue weighted by molar-refractivity contribution is 9.10. The molecule has 3 heteroatoms. The fourth-order valence-corrected chi connectivity index (χ4v) is 3.76. The van der Waals surface area contributed by atoms with Crippen molar-refractivity contribution in [3.63, 3.8) is 0 Å². The quantitative estimate of drug-likeness (QED) is 0.617.